The van der Waals surface area contributed by atoms with Crippen molar-refractivity contribution in [2.24, 2.45) is 0 Å². The molecule has 1 amide bonds. The fraction of sp³-hybridized carbons (Fsp3) is 0.409. The molecule has 1 aliphatic rings. The molecule has 1 fully saturated rings. The maximum Gasteiger partial charge on any atom is 0.238 e. The van der Waals surface area contributed by atoms with E-state index in [0.29, 0.717) is 6.61 Å². The zero-order valence-electron chi connectivity index (χ0n) is 15.7. The lowest BCUT2D eigenvalue weighted by molar-refractivity contribution is -0.115. The first-order valence-electron chi connectivity index (χ1n) is 9.68. The average molecular weight is 368 g/mol. The van der Waals surface area contributed by atoms with Crippen molar-refractivity contribution in [1.82, 2.24) is 5.32 Å². The lowest BCUT2D eigenvalue weighted by Crippen LogP contribution is -2.33. The van der Waals surface area contributed by atoms with Gasteiger partial charge in [0.15, 0.2) is 0 Å². The molecule has 1 saturated heterocycles. The van der Waals surface area contributed by atoms with E-state index >= 15 is 0 Å². The van der Waals surface area contributed by atoms with Gasteiger partial charge < -0.3 is 20.1 Å². The SMILES string of the molecule is O=C(CNCC1CCCO1)Nc1ccc(OCCCc2ccccc2)cc1. The molecule has 0 aliphatic carbocycles. The maximum atomic E-state index is 12.0. The number of benzene rings is 2. The van der Waals surface area contributed by atoms with Crippen molar-refractivity contribution in [1.29, 1.82) is 0 Å². The minimum Gasteiger partial charge on any atom is -0.494 e. The molecule has 2 aromatic carbocycles. The Morgan fingerprint density at radius 2 is 1.93 bits per heavy atom. The van der Waals surface area contributed by atoms with Gasteiger partial charge in [0.1, 0.15) is 5.75 Å². The third-order valence-corrected chi connectivity index (χ3v) is 4.54. The molecule has 0 radical (unpaired) electrons. The molecule has 0 bridgehead atoms. The lowest BCUT2D eigenvalue weighted by atomic mass is 10.1. The molecule has 1 aliphatic heterocycles. The maximum absolute atomic E-state index is 12.0. The van der Waals surface area contributed by atoms with Crippen molar-refractivity contribution in [3.63, 3.8) is 0 Å². The molecule has 0 aromatic heterocycles. The molecule has 5 heteroatoms. The predicted octanol–water partition coefficient (Wildman–Crippen LogP) is 3.41. The standard InChI is InChI=1S/C22H28N2O3/c25-22(17-23-16-21-9-5-15-27-21)24-19-10-12-20(13-11-19)26-14-4-8-18-6-2-1-3-7-18/h1-3,6-7,10-13,21,23H,4-5,8-9,14-17H2,(H,24,25). The Morgan fingerprint density at radius 3 is 2.67 bits per heavy atom. The normalized spacial score (nSPS) is 16.2. The molecule has 5 nitrogen and oxygen atoms in total. The number of anilines is 1. The molecule has 1 unspecified atom stereocenters. The van der Waals surface area contributed by atoms with E-state index in [1.165, 1.54) is 5.56 Å². The monoisotopic (exact) mass is 368 g/mol. The summed E-state index contributed by atoms with van der Waals surface area (Å²) in [4.78, 5) is 12.0. The third-order valence-electron chi connectivity index (χ3n) is 4.54. The first-order valence-corrected chi connectivity index (χ1v) is 9.68. The number of aryl methyl sites for hydroxylation is 1. The Balaban J connectivity index is 1.31. The van der Waals surface area contributed by atoms with Gasteiger partial charge in [0.05, 0.1) is 19.3 Å². The lowest BCUT2D eigenvalue weighted by Gasteiger charge is -2.11. The van der Waals surface area contributed by atoms with Gasteiger partial charge in [-0.3, -0.25) is 4.79 Å². The zero-order valence-corrected chi connectivity index (χ0v) is 15.7. The fourth-order valence-electron chi connectivity index (χ4n) is 3.10. The number of hydrogen-bond acceptors (Lipinski definition) is 4. The summed E-state index contributed by atoms with van der Waals surface area (Å²) in [5.74, 6) is 0.766. The van der Waals surface area contributed by atoms with Crippen LogP contribution in [0, 0.1) is 0 Å². The van der Waals surface area contributed by atoms with E-state index in [4.69, 9.17) is 9.47 Å². The van der Waals surface area contributed by atoms with E-state index in [2.05, 4.69) is 34.9 Å². The molecular weight excluding hydrogens is 340 g/mol. The Labute approximate surface area is 161 Å². The summed E-state index contributed by atoms with van der Waals surface area (Å²) in [5, 5.41) is 6.03. The highest BCUT2D eigenvalue weighted by atomic mass is 16.5. The van der Waals surface area contributed by atoms with Gasteiger partial charge in [-0.1, -0.05) is 30.3 Å². The van der Waals surface area contributed by atoms with Crippen molar-refractivity contribution < 1.29 is 14.3 Å². The van der Waals surface area contributed by atoms with E-state index < -0.39 is 0 Å². The van der Waals surface area contributed by atoms with Crippen LogP contribution in [-0.4, -0.2) is 38.3 Å². The summed E-state index contributed by atoms with van der Waals surface area (Å²) < 4.78 is 11.3. The summed E-state index contributed by atoms with van der Waals surface area (Å²) in [7, 11) is 0. The molecule has 144 valence electrons. The van der Waals surface area contributed by atoms with Crippen LogP contribution in [0.3, 0.4) is 0 Å². The van der Waals surface area contributed by atoms with Gasteiger partial charge in [-0.2, -0.15) is 0 Å². The van der Waals surface area contributed by atoms with Gasteiger partial charge >= 0.3 is 0 Å². The number of amides is 1. The van der Waals surface area contributed by atoms with Crippen LogP contribution in [0.1, 0.15) is 24.8 Å². The number of carbonyl (C=O) groups is 1. The van der Waals surface area contributed by atoms with E-state index in [0.717, 1.165) is 50.3 Å². The van der Waals surface area contributed by atoms with Crippen molar-refractivity contribution >= 4 is 11.6 Å². The molecule has 1 atom stereocenters. The summed E-state index contributed by atoms with van der Waals surface area (Å²) in [6.07, 6.45) is 4.41. The van der Waals surface area contributed by atoms with Crippen LogP contribution in [0.25, 0.3) is 0 Å². The molecule has 0 saturated carbocycles. The minimum absolute atomic E-state index is 0.0514. The van der Waals surface area contributed by atoms with Crippen molar-refractivity contribution in [2.75, 3.05) is 31.6 Å². The Hall–Kier alpha value is -2.37. The fourth-order valence-corrected chi connectivity index (χ4v) is 3.10. The molecule has 0 spiro atoms. The summed E-state index contributed by atoms with van der Waals surface area (Å²) in [5.41, 5.74) is 2.10. The van der Waals surface area contributed by atoms with Crippen molar-refractivity contribution in [2.45, 2.75) is 31.8 Å². The van der Waals surface area contributed by atoms with Crippen molar-refractivity contribution in [3.8, 4) is 5.75 Å². The quantitative estimate of drug-likeness (QED) is 0.631. The highest BCUT2D eigenvalue weighted by molar-refractivity contribution is 5.92. The third kappa shape index (κ3) is 7.04. The molecule has 1 heterocycles. The molecule has 2 aromatic rings. The molecular formula is C22H28N2O3. The number of rotatable bonds is 10. The average Bonchev–Trinajstić information content (AvgIpc) is 3.21. The second kappa shape index (κ2) is 10.7. The van der Waals surface area contributed by atoms with Crippen LogP contribution in [0.2, 0.25) is 0 Å². The van der Waals surface area contributed by atoms with Crippen LogP contribution in [0.15, 0.2) is 54.6 Å². The zero-order chi connectivity index (χ0) is 18.7. The predicted molar refractivity (Wildman–Crippen MR) is 107 cm³/mol. The largest absolute Gasteiger partial charge is 0.494 e. The van der Waals surface area contributed by atoms with Gasteiger partial charge in [-0.25, -0.2) is 0 Å². The molecule has 3 rings (SSSR count). The van der Waals surface area contributed by atoms with Gasteiger partial charge in [0, 0.05) is 18.8 Å². The highest BCUT2D eigenvalue weighted by Crippen LogP contribution is 2.16. The van der Waals surface area contributed by atoms with Crippen LogP contribution in [-0.2, 0) is 16.0 Å². The van der Waals surface area contributed by atoms with Crippen LogP contribution in [0.4, 0.5) is 5.69 Å². The number of ether oxygens (including phenoxy) is 2. The summed E-state index contributed by atoms with van der Waals surface area (Å²) in [6, 6.07) is 17.9. The number of hydrogen-bond donors (Lipinski definition) is 2. The first-order chi connectivity index (χ1) is 13.3. The Morgan fingerprint density at radius 1 is 1.11 bits per heavy atom. The van der Waals surface area contributed by atoms with Gasteiger partial charge in [-0.05, 0) is 55.5 Å². The molecule has 27 heavy (non-hydrogen) atoms. The van der Waals surface area contributed by atoms with Gasteiger partial charge in [-0.15, -0.1) is 0 Å². The second-order valence-corrected chi connectivity index (χ2v) is 6.78. The topological polar surface area (TPSA) is 59.6 Å². The highest BCUT2D eigenvalue weighted by Gasteiger charge is 2.15. The van der Waals surface area contributed by atoms with E-state index in [9.17, 15) is 4.79 Å². The minimum atomic E-state index is -0.0514. The van der Waals surface area contributed by atoms with E-state index in [1.54, 1.807) is 0 Å². The smallest absolute Gasteiger partial charge is 0.238 e. The first kappa shape index (κ1) is 19.4. The Kier molecular flexibility index (Phi) is 7.69. The van der Waals surface area contributed by atoms with E-state index in [1.807, 2.05) is 30.3 Å². The summed E-state index contributed by atoms with van der Waals surface area (Å²) in [6.45, 7) is 2.52. The van der Waals surface area contributed by atoms with Crippen LogP contribution < -0.4 is 15.4 Å². The second-order valence-electron chi connectivity index (χ2n) is 6.78. The van der Waals surface area contributed by atoms with E-state index in [-0.39, 0.29) is 18.6 Å². The number of nitrogens with one attached hydrogen (secondary N) is 2. The molecule has 2 N–H and O–H groups in total. The van der Waals surface area contributed by atoms with Crippen LogP contribution in [0.5, 0.6) is 5.75 Å². The van der Waals surface area contributed by atoms with Gasteiger partial charge in [0.25, 0.3) is 0 Å². The Bertz CT molecular complexity index is 682. The van der Waals surface area contributed by atoms with Gasteiger partial charge in [0.2, 0.25) is 5.91 Å². The van der Waals surface area contributed by atoms with Crippen molar-refractivity contribution in [3.05, 3.63) is 60.2 Å². The van der Waals surface area contributed by atoms with Crippen LogP contribution >= 0.6 is 0 Å². The summed E-state index contributed by atoms with van der Waals surface area (Å²) >= 11 is 0. The number of carbonyl (C=O) groups excluding carboxylic acids is 1.